The number of rotatable bonds is 4. The smallest absolute Gasteiger partial charge is 0.139 e. The van der Waals surface area contributed by atoms with Crippen LogP contribution in [-0.4, -0.2) is 27.2 Å². The summed E-state index contributed by atoms with van der Waals surface area (Å²) in [6.07, 6.45) is 6.22. The van der Waals surface area contributed by atoms with Gasteiger partial charge in [-0.15, -0.1) is 6.58 Å². The van der Waals surface area contributed by atoms with Gasteiger partial charge in [-0.25, -0.2) is 0 Å². The average molecular weight is 322 g/mol. The summed E-state index contributed by atoms with van der Waals surface area (Å²) in [5, 5.41) is 21.3. The molecule has 2 N–H and O–H groups in total. The van der Waals surface area contributed by atoms with Gasteiger partial charge in [0.05, 0.1) is 11.2 Å². The molecular weight excluding hydrogens is 288 g/mol. The third-order valence-corrected chi connectivity index (χ3v) is 6.76. The molecule has 2 fully saturated rings. The molecule has 2 saturated carbocycles. The van der Waals surface area contributed by atoms with E-state index in [9.17, 15) is 15.0 Å². The minimum atomic E-state index is -0.993. The lowest BCUT2D eigenvalue weighted by Gasteiger charge is -2.60. The number of fused-ring (bicyclic) bond motifs is 1. The maximum atomic E-state index is 12.8. The lowest BCUT2D eigenvalue weighted by Crippen LogP contribution is -2.61. The molecule has 3 heteroatoms. The quantitative estimate of drug-likeness (QED) is 0.772. The third kappa shape index (κ3) is 3.28. The van der Waals surface area contributed by atoms with Gasteiger partial charge >= 0.3 is 0 Å². The van der Waals surface area contributed by atoms with Crippen LogP contribution in [0, 0.1) is 22.7 Å². The summed E-state index contributed by atoms with van der Waals surface area (Å²) in [5.41, 5.74) is -2.13. The van der Waals surface area contributed by atoms with Crippen molar-refractivity contribution in [2.24, 2.45) is 22.7 Å². The maximum absolute atomic E-state index is 12.8. The van der Waals surface area contributed by atoms with Crippen LogP contribution >= 0.6 is 0 Å². The summed E-state index contributed by atoms with van der Waals surface area (Å²) in [7, 11) is 0. The van der Waals surface area contributed by atoms with E-state index in [0.29, 0.717) is 12.8 Å². The van der Waals surface area contributed by atoms with Crippen LogP contribution in [0.2, 0.25) is 0 Å². The first kappa shape index (κ1) is 18.7. The van der Waals surface area contributed by atoms with Gasteiger partial charge in [0.25, 0.3) is 0 Å². The Morgan fingerprint density at radius 3 is 2.48 bits per heavy atom. The number of aliphatic hydroxyl groups is 2. The first-order chi connectivity index (χ1) is 10.4. The number of hydrogen-bond donors (Lipinski definition) is 2. The summed E-state index contributed by atoms with van der Waals surface area (Å²) in [6.45, 7) is 13.9. The van der Waals surface area contributed by atoms with Crippen molar-refractivity contribution in [1.82, 2.24) is 0 Å². The van der Waals surface area contributed by atoms with Gasteiger partial charge in [-0.05, 0) is 56.3 Å². The summed E-state index contributed by atoms with van der Waals surface area (Å²) in [5.74, 6) is 0.236. The first-order valence-corrected chi connectivity index (χ1v) is 8.97. The number of carbonyl (C=O) groups excluding carboxylic acids is 1. The number of carbonyl (C=O) groups is 1. The van der Waals surface area contributed by atoms with E-state index in [2.05, 4.69) is 27.4 Å². The van der Waals surface area contributed by atoms with Crippen LogP contribution in [0.4, 0.5) is 0 Å². The molecule has 0 saturated heterocycles. The van der Waals surface area contributed by atoms with Gasteiger partial charge in [-0.2, -0.15) is 0 Å². The SMILES string of the molecule is C=C[C@](C)(O)CC[C@@H]1[C@@]2(C)CCCC(C)(C)[C@@H]2C(=O)C[C@@]1(C)O. The molecule has 3 nitrogen and oxygen atoms in total. The Kier molecular flexibility index (Phi) is 4.63. The van der Waals surface area contributed by atoms with Crippen LogP contribution < -0.4 is 0 Å². The van der Waals surface area contributed by atoms with Crippen molar-refractivity contribution in [2.45, 2.75) is 84.3 Å². The lowest BCUT2D eigenvalue weighted by atomic mass is 9.44. The van der Waals surface area contributed by atoms with E-state index in [-0.39, 0.29) is 34.9 Å². The fourth-order valence-corrected chi connectivity index (χ4v) is 5.75. The van der Waals surface area contributed by atoms with E-state index < -0.39 is 11.2 Å². The van der Waals surface area contributed by atoms with Crippen LogP contribution in [0.5, 0.6) is 0 Å². The molecule has 2 aliphatic carbocycles. The van der Waals surface area contributed by atoms with Gasteiger partial charge in [-0.1, -0.05) is 33.3 Å². The Bertz CT molecular complexity index is 489. The highest BCUT2D eigenvalue weighted by molar-refractivity contribution is 5.85. The first-order valence-electron chi connectivity index (χ1n) is 8.97. The third-order valence-electron chi connectivity index (χ3n) is 6.76. The van der Waals surface area contributed by atoms with E-state index in [1.807, 2.05) is 0 Å². The van der Waals surface area contributed by atoms with Gasteiger partial charge in [-0.3, -0.25) is 4.79 Å². The summed E-state index contributed by atoms with van der Waals surface area (Å²) < 4.78 is 0. The summed E-state index contributed by atoms with van der Waals surface area (Å²) in [4.78, 5) is 12.8. The molecule has 0 radical (unpaired) electrons. The van der Waals surface area contributed by atoms with Crippen molar-refractivity contribution in [2.75, 3.05) is 0 Å². The lowest BCUT2D eigenvalue weighted by molar-refractivity contribution is -0.181. The van der Waals surface area contributed by atoms with Gasteiger partial charge in [0, 0.05) is 12.3 Å². The van der Waals surface area contributed by atoms with Crippen LogP contribution in [0.25, 0.3) is 0 Å². The highest BCUT2D eigenvalue weighted by Crippen LogP contribution is 2.61. The number of hydrogen-bond acceptors (Lipinski definition) is 3. The second kappa shape index (κ2) is 5.70. The predicted octanol–water partition coefficient (Wildman–Crippen LogP) is 3.88. The Morgan fingerprint density at radius 2 is 1.91 bits per heavy atom. The molecule has 5 atom stereocenters. The fraction of sp³-hybridized carbons (Fsp3) is 0.850. The molecule has 0 aromatic rings. The van der Waals surface area contributed by atoms with E-state index in [4.69, 9.17) is 0 Å². The van der Waals surface area contributed by atoms with Crippen LogP contribution in [0.3, 0.4) is 0 Å². The van der Waals surface area contributed by atoms with Crippen LogP contribution in [0.15, 0.2) is 12.7 Å². The number of Topliss-reactive ketones (excluding diaryl/α,β-unsaturated/α-hetero) is 1. The zero-order valence-electron chi connectivity index (χ0n) is 15.5. The molecule has 0 aromatic heterocycles. The highest BCUT2D eigenvalue weighted by atomic mass is 16.3. The minimum Gasteiger partial charge on any atom is -0.389 e. The van der Waals surface area contributed by atoms with Gasteiger partial charge in [0.2, 0.25) is 0 Å². The normalized spacial score (nSPS) is 42.7. The fourth-order valence-electron chi connectivity index (χ4n) is 5.75. The molecule has 23 heavy (non-hydrogen) atoms. The molecule has 2 aliphatic rings. The highest BCUT2D eigenvalue weighted by Gasteiger charge is 2.61. The van der Waals surface area contributed by atoms with E-state index in [1.165, 1.54) is 0 Å². The molecule has 0 spiro atoms. The average Bonchev–Trinajstić information content (AvgIpc) is 2.34. The Labute approximate surface area is 141 Å². The molecule has 0 amide bonds. The zero-order valence-corrected chi connectivity index (χ0v) is 15.5. The van der Waals surface area contributed by atoms with Crippen molar-refractivity contribution in [1.29, 1.82) is 0 Å². The van der Waals surface area contributed by atoms with E-state index in [1.54, 1.807) is 19.9 Å². The van der Waals surface area contributed by atoms with Crippen molar-refractivity contribution in [3.63, 3.8) is 0 Å². The summed E-state index contributed by atoms with van der Waals surface area (Å²) >= 11 is 0. The molecule has 0 bridgehead atoms. The zero-order chi connectivity index (χ0) is 17.7. The molecular formula is C20H34O3. The standard InChI is InChI=1S/C20H34O3/c1-7-18(4,22)12-9-15-19(5)11-8-10-17(2,3)16(19)14(21)13-20(15,6)23/h7,15-16,22-23H,1,8-13H2,2-6H3/t15-,16+,18+,19-,20-/m1/s1. The Hall–Kier alpha value is -0.670. The predicted molar refractivity (Wildman–Crippen MR) is 93.0 cm³/mol. The van der Waals surface area contributed by atoms with Crippen molar-refractivity contribution in [3.05, 3.63) is 12.7 Å². The van der Waals surface area contributed by atoms with Crippen molar-refractivity contribution < 1.29 is 15.0 Å². The molecule has 0 aliphatic heterocycles. The second-order valence-corrected chi connectivity index (χ2v) is 9.43. The summed E-state index contributed by atoms with van der Waals surface area (Å²) in [6, 6.07) is 0. The molecule has 132 valence electrons. The number of ketones is 1. The molecule has 0 heterocycles. The molecule has 0 aromatic carbocycles. The largest absolute Gasteiger partial charge is 0.389 e. The van der Waals surface area contributed by atoms with E-state index in [0.717, 1.165) is 19.3 Å². The van der Waals surface area contributed by atoms with Crippen LogP contribution in [0.1, 0.15) is 73.1 Å². The van der Waals surface area contributed by atoms with Crippen molar-refractivity contribution in [3.8, 4) is 0 Å². The monoisotopic (exact) mass is 322 g/mol. The topological polar surface area (TPSA) is 57.5 Å². The minimum absolute atomic E-state index is 0.00246. The molecule has 2 rings (SSSR count). The Balaban J connectivity index is 2.37. The van der Waals surface area contributed by atoms with Gasteiger partial charge in [0.15, 0.2) is 0 Å². The maximum Gasteiger partial charge on any atom is 0.139 e. The second-order valence-electron chi connectivity index (χ2n) is 9.43. The van der Waals surface area contributed by atoms with Crippen molar-refractivity contribution >= 4 is 5.78 Å². The Morgan fingerprint density at radius 1 is 1.30 bits per heavy atom. The van der Waals surface area contributed by atoms with E-state index >= 15 is 0 Å². The van der Waals surface area contributed by atoms with Gasteiger partial charge < -0.3 is 10.2 Å². The van der Waals surface area contributed by atoms with Gasteiger partial charge in [0.1, 0.15) is 5.78 Å². The molecule has 0 unspecified atom stereocenters. The van der Waals surface area contributed by atoms with Crippen LogP contribution in [-0.2, 0) is 4.79 Å².